The lowest BCUT2D eigenvalue weighted by Crippen LogP contribution is -2.39. The van der Waals surface area contributed by atoms with Crippen molar-refractivity contribution < 1.29 is 9.53 Å². The van der Waals surface area contributed by atoms with Crippen LogP contribution in [0.5, 0.6) is 5.75 Å². The summed E-state index contributed by atoms with van der Waals surface area (Å²) in [5, 5.41) is 2.99. The molecule has 2 aromatic carbocycles. The largest absolute Gasteiger partial charge is 0.481 e. The number of carbonyl (C=O) groups excluding carboxylic acids is 1. The van der Waals surface area contributed by atoms with Gasteiger partial charge in [0, 0.05) is 18.1 Å². The molecule has 1 unspecified atom stereocenters. The first-order chi connectivity index (χ1) is 12.5. The van der Waals surface area contributed by atoms with Gasteiger partial charge in [0.2, 0.25) is 0 Å². The van der Waals surface area contributed by atoms with Crippen LogP contribution in [-0.2, 0) is 10.5 Å². The quantitative estimate of drug-likeness (QED) is 0.642. The third kappa shape index (κ3) is 6.75. The summed E-state index contributed by atoms with van der Waals surface area (Å²) in [6.45, 7) is 8.79. The fraction of sp³-hybridized carbons (Fsp3) is 0.409. The highest BCUT2D eigenvalue weighted by Gasteiger charge is 2.18. The Morgan fingerprint density at radius 3 is 2.31 bits per heavy atom. The second-order valence-corrected chi connectivity index (χ2v) is 7.77. The fourth-order valence-electron chi connectivity index (χ4n) is 2.72. The van der Waals surface area contributed by atoms with Crippen LogP contribution in [0.3, 0.4) is 0 Å². The van der Waals surface area contributed by atoms with Crippen molar-refractivity contribution in [3.05, 3.63) is 64.7 Å². The van der Waals surface area contributed by atoms with Crippen molar-refractivity contribution >= 4 is 17.7 Å². The topological polar surface area (TPSA) is 38.3 Å². The first-order valence-electron chi connectivity index (χ1n) is 9.14. The summed E-state index contributed by atoms with van der Waals surface area (Å²) in [5.74, 6) is 2.58. The van der Waals surface area contributed by atoms with Gasteiger partial charge in [0.1, 0.15) is 5.75 Å². The molecule has 0 bridgehead atoms. The number of hydrogen-bond donors (Lipinski definition) is 1. The summed E-state index contributed by atoms with van der Waals surface area (Å²) in [7, 11) is 0. The molecule has 2 rings (SSSR count). The molecular formula is C22H29NO2S. The molecule has 3 nitrogen and oxygen atoms in total. The van der Waals surface area contributed by atoms with E-state index in [1.165, 1.54) is 11.1 Å². The van der Waals surface area contributed by atoms with E-state index in [-0.39, 0.29) is 5.91 Å². The third-order valence-electron chi connectivity index (χ3n) is 4.07. The maximum atomic E-state index is 12.4. The molecule has 0 aliphatic heterocycles. The van der Waals surface area contributed by atoms with Gasteiger partial charge in [-0.2, -0.15) is 11.8 Å². The van der Waals surface area contributed by atoms with Crippen LogP contribution in [0.4, 0.5) is 0 Å². The number of aryl methyl sites for hydroxylation is 3. The van der Waals surface area contributed by atoms with E-state index in [0.717, 1.165) is 28.4 Å². The van der Waals surface area contributed by atoms with Crippen molar-refractivity contribution in [2.75, 3.05) is 12.3 Å². The summed E-state index contributed by atoms with van der Waals surface area (Å²) in [6, 6.07) is 14.6. The van der Waals surface area contributed by atoms with Gasteiger partial charge in [0.05, 0.1) is 0 Å². The van der Waals surface area contributed by atoms with Crippen LogP contribution in [0.25, 0.3) is 0 Å². The van der Waals surface area contributed by atoms with E-state index in [1.54, 1.807) is 0 Å². The average molecular weight is 372 g/mol. The predicted octanol–water partition coefficient (Wildman–Crippen LogP) is 4.82. The van der Waals surface area contributed by atoms with Gasteiger partial charge >= 0.3 is 0 Å². The van der Waals surface area contributed by atoms with Gasteiger partial charge in [-0.15, -0.1) is 0 Å². The summed E-state index contributed by atoms with van der Waals surface area (Å²) in [5.41, 5.74) is 4.88. The molecule has 4 heteroatoms. The van der Waals surface area contributed by atoms with Crippen LogP contribution in [0.15, 0.2) is 42.5 Å². The number of rotatable bonds is 9. The molecule has 0 spiro atoms. The molecular weight excluding hydrogens is 342 g/mol. The molecule has 1 N–H and O–H groups in total. The normalized spacial score (nSPS) is 11.8. The van der Waals surface area contributed by atoms with Crippen LogP contribution in [0, 0.1) is 20.8 Å². The Morgan fingerprint density at radius 1 is 1.04 bits per heavy atom. The minimum atomic E-state index is -0.446. The SMILES string of the molecule is CCC(Oc1cc(C)cc(C)c1)C(=O)NCCSCc1ccc(C)cc1. The summed E-state index contributed by atoms with van der Waals surface area (Å²) < 4.78 is 5.91. The Hall–Kier alpha value is -1.94. The van der Waals surface area contributed by atoms with E-state index in [4.69, 9.17) is 4.74 Å². The Labute approximate surface area is 161 Å². The Balaban J connectivity index is 1.73. The van der Waals surface area contributed by atoms with Crippen molar-refractivity contribution in [3.8, 4) is 5.75 Å². The predicted molar refractivity (Wildman–Crippen MR) is 111 cm³/mol. The number of hydrogen-bond acceptors (Lipinski definition) is 3. The van der Waals surface area contributed by atoms with Crippen LogP contribution >= 0.6 is 11.8 Å². The van der Waals surface area contributed by atoms with Crippen LogP contribution in [0.2, 0.25) is 0 Å². The molecule has 0 aromatic heterocycles. The number of ether oxygens (including phenoxy) is 1. The minimum absolute atomic E-state index is 0.0393. The second-order valence-electron chi connectivity index (χ2n) is 6.67. The Kier molecular flexibility index (Phi) is 8.05. The molecule has 1 amide bonds. The van der Waals surface area contributed by atoms with E-state index in [0.29, 0.717) is 13.0 Å². The lowest BCUT2D eigenvalue weighted by atomic mass is 10.1. The lowest BCUT2D eigenvalue weighted by molar-refractivity contribution is -0.127. The first-order valence-corrected chi connectivity index (χ1v) is 10.3. The smallest absolute Gasteiger partial charge is 0.261 e. The van der Waals surface area contributed by atoms with Gasteiger partial charge in [0.15, 0.2) is 6.10 Å². The molecule has 0 fully saturated rings. The number of benzene rings is 2. The lowest BCUT2D eigenvalue weighted by Gasteiger charge is -2.18. The van der Waals surface area contributed by atoms with Gasteiger partial charge in [-0.05, 0) is 56.0 Å². The third-order valence-corrected chi connectivity index (χ3v) is 5.10. The number of carbonyl (C=O) groups is 1. The Morgan fingerprint density at radius 2 is 1.69 bits per heavy atom. The van der Waals surface area contributed by atoms with Crippen molar-refractivity contribution in [2.24, 2.45) is 0 Å². The molecule has 2 aromatic rings. The molecule has 0 saturated carbocycles. The standard InChI is InChI=1S/C22H29NO2S/c1-5-21(25-20-13-17(3)12-18(4)14-20)22(24)23-10-11-26-15-19-8-6-16(2)7-9-19/h6-9,12-14,21H,5,10-11,15H2,1-4H3,(H,23,24). The zero-order valence-electron chi connectivity index (χ0n) is 16.2. The number of nitrogens with one attached hydrogen (secondary N) is 1. The van der Waals surface area contributed by atoms with Gasteiger partial charge < -0.3 is 10.1 Å². The number of amides is 1. The maximum absolute atomic E-state index is 12.4. The molecule has 140 valence electrons. The van der Waals surface area contributed by atoms with Gasteiger partial charge in [0.25, 0.3) is 5.91 Å². The van der Waals surface area contributed by atoms with Crippen LogP contribution in [-0.4, -0.2) is 24.3 Å². The van der Waals surface area contributed by atoms with Crippen molar-refractivity contribution in [1.29, 1.82) is 0 Å². The second kappa shape index (κ2) is 10.3. The number of thioether (sulfide) groups is 1. The summed E-state index contributed by atoms with van der Waals surface area (Å²) >= 11 is 1.83. The van der Waals surface area contributed by atoms with Crippen molar-refractivity contribution in [2.45, 2.75) is 46.0 Å². The Bertz CT molecular complexity index is 692. The molecule has 26 heavy (non-hydrogen) atoms. The molecule has 0 saturated heterocycles. The van der Waals surface area contributed by atoms with Crippen LogP contribution in [0.1, 0.15) is 35.6 Å². The molecule has 0 heterocycles. The summed E-state index contributed by atoms with van der Waals surface area (Å²) in [6.07, 6.45) is 0.202. The van der Waals surface area contributed by atoms with E-state index in [9.17, 15) is 4.79 Å². The highest BCUT2D eigenvalue weighted by Crippen LogP contribution is 2.18. The molecule has 0 aliphatic rings. The monoisotopic (exact) mass is 371 g/mol. The van der Waals surface area contributed by atoms with Gasteiger partial charge in [-0.3, -0.25) is 4.79 Å². The van der Waals surface area contributed by atoms with Crippen LogP contribution < -0.4 is 10.1 Å². The van der Waals surface area contributed by atoms with Gasteiger partial charge in [-0.1, -0.05) is 42.8 Å². The van der Waals surface area contributed by atoms with E-state index in [1.807, 2.05) is 44.7 Å². The van der Waals surface area contributed by atoms with Crippen molar-refractivity contribution in [1.82, 2.24) is 5.32 Å². The molecule has 0 radical (unpaired) electrons. The zero-order valence-corrected chi connectivity index (χ0v) is 17.0. The molecule has 0 aliphatic carbocycles. The average Bonchev–Trinajstić information content (AvgIpc) is 2.60. The minimum Gasteiger partial charge on any atom is -0.481 e. The van der Waals surface area contributed by atoms with E-state index >= 15 is 0 Å². The highest BCUT2D eigenvalue weighted by atomic mass is 32.2. The highest BCUT2D eigenvalue weighted by molar-refractivity contribution is 7.98. The summed E-state index contributed by atoms with van der Waals surface area (Å²) in [4.78, 5) is 12.4. The zero-order chi connectivity index (χ0) is 18.9. The fourth-order valence-corrected chi connectivity index (χ4v) is 3.54. The maximum Gasteiger partial charge on any atom is 0.261 e. The molecule has 1 atom stereocenters. The van der Waals surface area contributed by atoms with Gasteiger partial charge in [-0.25, -0.2) is 0 Å². The van der Waals surface area contributed by atoms with E-state index in [2.05, 4.69) is 42.6 Å². The van der Waals surface area contributed by atoms with Crippen molar-refractivity contribution in [3.63, 3.8) is 0 Å². The first kappa shape index (κ1) is 20.4. The van der Waals surface area contributed by atoms with E-state index < -0.39 is 6.10 Å².